The molecule has 0 aliphatic heterocycles. The Labute approximate surface area is 71.1 Å². The number of rotatable bonds is 2. The van der Waals surface area contributed by atoms with Gasteiger partial charge in [-0.05, 0) is 25.8 Å². The van der Waals surface area contributed by atoms with Gasteiger partial charge in [-0.3, -0.25) is 0 Å². The minimum absolute atomic E-state index is 0.896. The average molecular weight is 204 g/mol. The molecule has 0 bridgehead atoms. The van der Waals surface area contributed by atoms with Crippen molar-refractivity contribution in [2.45, 2.75) is 27.2 Å². The van der Waals surface area contributed by atoms with E-state index in [9.17, 15) is 0 Å². The fourth-order valence-electron chi connectivity index (χ4n) is 0.810. The zero-order valence-electron chi connectivity index (χ0n) is 6.74. The second-order valence-corrected chi connectivity index (χ2v) is 3.01. The van der Waals surface area contributed by atoms with Crippen LogP contribution in [-0.2, 0) is 0 Å². The van der Waals surface area contributed by atoms with E-state index < -0.39 is 0 Å². The maximum atomic E-state index is 5.63. The molecule has 0 aromatic carbocycles. The molecule has 0 aliphatic carbocycles. The molecule has 0 spiro atoms. The van der Waals surface area contributed by atoms with Crippen molar-refractivity contribution < 1.29 is 0 Å². The summed E-state index contributed by atoms with van der Waals surface area (Å²) in [4.78, 5) is 0. The summed E-state index contributed by atoms with van der Waals surface area (Å²) in [6, 6.07) is 0. The van der Waals surface area contributed by atoms with Crippen molar-refractivity contribution in [1.29, 1.82) is 0 Å². The lowest BCUT2D eigenvalue weighted by Crippen LogP contribution is -1.97. The monoisotopic (exact) mass is 203 g/mol. The topological polar surface area (TPSA) is 26.0 Å². The van der Waals surface area contributed by atoms with Crippen molar-refractivity contribution in [3.05, 3.63) is 21.8 Å². The van der Waals surface area contributed by atoms with E-state index in [4.69, 9.17) is 5.73 Å². The summed E-state index contributed by atoms with van der Waals surface area (Å²) in [5, 5.41) is 0. The van der Waals surface area contributed by atoms with Crippen molar-refractivity contribution in [2.75, 3.05) is 0 Å². The molecule has 0 rings (SSSR count). The third-order valence-corrected chi connectivity index (χ3v) is 2.31. The fourth-order valence-corrected chi connectivity index (χ4v) is 1.40. The van der Waals surface area contributed by atoms with E-state index in [-0.39, 0.29) is 0 Å². The number of hydrogen-bond acceptors (Lipinski definition) is 1. The highest BCUT2D eigenvalue weighted by atomic mass is 79.9. The minimum atomic E-state index is 0.896. The van der Waals surface area contributed by atoms with Gasteiger partial charge in [0.15, 0.2) is 0 Å². The van der Waals surface area contributed by atoms with Crippen LogP contribution in [0.5, 0.6) is 0 Å². The molecule has 0 aromatic rings. The maximum Gasteiger partial charge on any atom is 0.0181 e. The van der Waals surface area contributed by atoms with Crippen LogP contribution in [0.15, 0.2) is 21.8 Å². The van der Waals surface area contributed by atoms with Crippen LogP contribution in [0.2, 0.25) is 0 Å². The Morgan fingerprint density at radius 2 is 2.10 bits per heavy atom. The molecular weight excluding hydrogens is 190 g/mol. The maximum absolute atomic E-state index is 5.63. The smallest absolute Gasteiger partial charge is 0.0181 e. The van der Waals surface area contributed by atoms with Gasteiger partial charge in [-0.2, -0.15) is 0 Å². The molecule has 0 aromatic heterocycles. The highest BCUT2D eigenvalue weighted by Gasteiger charge is 1.99. The SMILES string of the molecule is C/C=C(Br)\C(CC)=C(\C)N. The Kier molecular flexibility index (Phi) is 4.45. The molecule has 0 heterocycles. The minimum Gasteiger partial charge on any atom is -0.402 e. The highest BCUT2D eigenvalue weighted by Crippen LogP contribution is 2.21. The summed E-state index contributed by atoms with van der Waals surface area (Å²) >= 11 is 3.43. The van der Waals surface area contributed by atoms with Crippen LogP contribution >= 0.6 is 15.9 Å². The summed E-state index contributed by atoms with van der Waals surface area (Å²) in [6.45, 7) is 6.00. The van der Waals surface area contributed by atoms with Crippen LogP contribution in [0.3, 0.4) is 0 Å². The number of halogens is 1. The Balaban J connectivity index is 4.54. The van der Waals surface area contributed by atoms with Crippen molar-refractivity contribution in [1.82, 2.24) is 0 Å². The summed E-state index contributed by atoms with van der Waals surface area (Å²) in [5.74, 6) is 0. The Hall–Kier alpha value is -0.240. The van der Waals surface area contributed by atoms with E-state index >= 15 is 0 Å². The molecule has 0 saturated carbocycles. The molecular formula is C8H14BrN. The molecule has 0 fully saturated rings. The van der Waals surface area contributed by atoms with Crippen LogP contribution < -0.4 is 5.73 Å². The standard InChI is InChI=1S/C8H14BrN/c1-4-7(6(3)10)8(9)5-2/h5H,4,10H2,1-3H3/b7-6-,8-5+. The van der Waals surface area contributed by atoms with Gasteiger partial charge in [0.1, 0.15) is 0 Å². The summed E-state index contributed by atoms with van der Waals surface area (Å²) in [7, 11) is 0. The first-order valence-electron chi connectivity index (χ1n) is 3.40. The molecule has 0 unspecified atom stereocenters. The van der Waals surface area contributed by atoms with E-state index in [1.807, 2.05) is 19.9 Å². The zero-order chi connectivity index (χ0) is 8.15. The van der Waals surface area contributed by atoms with Crippen molar-refractivity contribution in [3.8, 4) is 0 Å². The number of allylic oxidation sites excluding steroid dienone is 4. The van der Waals surface area contributed by atoms with Gasteiger partial charge in [0.05, 0.1) is 0 Å². The van der Waals surface area contributed by atoms with E-state index in [1.54, 1.807) is 0 Å². The normalized spacial score (nSPS) is 15.0. The van der Waals surface area contributed by atoms with Crippen molar-refractivity contribution in [3.63, 3.8) is 0 Å². The van der Waals surface area contributed by atoms with Crippen LogP contribution in [0.25, 0.3) is 0 Å². The molecule has 2 heteroatoms. The summed E-state index contributed by atoms with van der Waals surface area (Å²) in [5.41, 5.74) is 7.73. The molecule has 10 heavy (non-hydrogen) atoms. The third kappa shape index (κ3) is 2.56. The Bertz CT molecular complexity index is 158. The summed E-state index contributed by atoms with van der Waals surface area (Å²) < 4.78 is 1.11. The Morgan fingerprint density at radius 3 is 2.20 bits per heavy atom. The van der Waals surface area contributed by atoms with Crippen molar-refractivity contribution >= 4 is 15.9 Å². The van der Waals surface area contributed by atoms with Gasteiger partial charge in [0.2, 0.25) is 0 Å². The molecule has 0 saturated heterocycles. The first-order valence-corrected chi connectivity index (χ1v) is 4.20. The predicted molar refractivity (Wildman–Crippen MR) is 49.9 cm³/mol. The lowest BCUT2D eigenvalue weighted by molar-refractivity contribution is 1.08. The highest BCUT2D eigenvalue weighted by molar-refractivity contribution is 9.12. The van der Waals surface area contributed by atoms with Gasteiger partial charge in [-0.15, -0.1) is 0 Å². The van der Waals surface area contributed by atoms with Crippen LogP contribution in [0.4, 0.5) is 0 Å². The third-order valence-electron chi connectivity index (χ3n) is 1.37. The van der Waals surface area contributed by atoms with Crippen molar-refractivity contribution in [2.24, 2.45) is 5.73 Å². The van der Waals surface area contributed by atoms with Crippen LogP contribution in [0.1, 0.15) is 27.2 Å². The second-order valence-electron chi connectivity index (χ2n) is 2.15. The van der Waals surface area contributed by atoms with Gasteiger partial charge >= 0.3 is 0 Å². The lowest BCUT2D eigenvalue weighted by atomic mass is 10.1. The summed E-state index contributed by atoms with van der Waals surface area (Å²) in [6.07, 6.45) is 2.99. The van der Waals surface area contributed by atoms with Gasteiger partial charge in [0.25, 0.3) is 0 Å². The van der Waals surface area contributed by atoms with E-state index in [0.717, 1.165) is 16.6 Å². The van der Waals surface area contributed by atoms with E-state index in [2.05, 4.69) is 22.9 Å². The first-order chi connectivity index (χ1) is 4.63. The molecule has 0 aliphatic rings. The second kappa shape index (κ2) is 4.56. The molecule has 0 atom stereocenters. The quantitative estimate of drug-likeness (QED) is 0.687. The van der Waals surface area contributed by atoms with Crippen LogP contribution in [0, 0.1) is 0 Å². The average Bonchev–Trinajstić information content (AvgIpc) is 1.88. The largest absolute Gasteiger partial charge is 0.402 e. The van der Waals surface area contributed by atoms with Crippen LogP contribution in [-0.4, -0.2) is 0 Å². The number of nitrogens with two attached hydrogens (primary N) is 1. The molecule has 2 N–H and O–H groups in total. The fraction of sp³-hybridized carbons (Fsp3) is 0.500. The van der Waals surface area contributed by atoms with Gasteiger partial charge in [0, 0.05) is 10.2 Å². The van der Waals surface area contributed by atoms with E-state index in [0.29, 0.717) is 0 Å². The predicted octanol–water partition coefficient (Wildman–Crippen LogP) is 2.93. The first kappa shape index (κ1) is 9.76. The molecule has 1 nitrogen and oxygen atoms in total. The zero-order valence-corrected chi connectivity index (χ0v) is 8.33. The van der Waals surface area contributed by atoms with Gasteiger partial charge in [-0.25, -0.2) is 0 Å². The molecule has 0 radical (unpaired) electrons. The van der Waals surface area contributed by atoms with Gasteiger partial charge in [-0.1, -0.05) is 28.9 Å². The lowest BCUT2D eigenvalue weighted by Gasteiger charge is -2.04. The number of hydrogen-bond donors (Lipinski definition) is 1. The van der Waals surface area contributed by atoms with E-state index in [1.165, 1.54) is 5.57 Å². The van der Waals surface area contributed by atoms with Gasteiger partial charge < -0.3 is 5.73 Å². The molecule has 58 valence electrons. The Morgan fingerprint density at radius 1 is 1.60 bits per heavy atom. The molecule has 0 amide bonds.